The van der Waals surface area contributed by atoms with Crippen molar-refractivity contribution < 1.29 is 5.11 Å². The number of halogens is 1. The van der Waals surface area contributed by atoms with Crippen molar-refractivity contribution in [2.45, 2.75) is 19.1 Å². The molecule has 0 saturated carbocycles. The summed E-state index contributed by atoms with van der Waals surface area (Å²) in [6.45, 7) is 5.29. The van der Waals surface area contributed by atoms with Gasteiger partial charge in [0.15, 0.2) is 0 Å². The second-order valence-corrected chi connectivity index (χ2v) is 6.40. The first-order valence-electron chi connectivity index (χ1n) is 7.63. The monoisotopic (exact) mass is 344 g/mol. The fourth-order valence-corrected chi connectivity index (χ4v) is 2.56. The average molecular weight is 345 g/mol. The first-order chi connectivity index (χ1) is 11.4. The summed E-state index contributed by atoms with van der Waals surface area (Å²) in [6, 6.07) is 7.29. The SMILES string of the molecule is C=C(C#N)CC(O)c1ccc(Cl)cc1-c1cnn(CCN(C)C)c1. The van der Waals surface area contributed by atoms with Crippen LogP contribution in [-0.2, 0) is 6.54 Å². The van der Waals surface area contributed by atoms with Crippen LogP contribution in [0.4, 0.5) is 0 Å². The Morgan fingerprint density at radius 3 is 2.92 bits per heavy atom. The smallest absolute Gasteiger partial charge is 0.0941 e. The maximum Gasteiger partial charge on any atom is 0.0941 e. The molecule has 126 valence electrons. The maximum atomic E-state index is 10.4. The Balaban J connectivity index is 2.30. The Morgan fingerprint density at radius 1 is 1.50 bits per heavy atom. The van der Waals surface area contributed by atoms with Gasteiger partial charge >= 0.3 is 0 Å². The van der Waals surface area contributed by atoms with Gasteiger partial charge < -0.3 is 10.0 Å². The van der Waals surface area contributed by atoms with E-state index in [0.717, 1.165) is 24.2 Å². The molecule has 0 aliphatic heterocycles. The number of benzene rings is 1. The summed E-state index contributed by atoms with van der Waals surface area (Å²) in [5, 5.41) is 24.3. The lowest BCUT2D eigenvalue weighted by Gasteiger charge is -2.15. The molecule has 2 rings (SSSR count). The van der Waals surface area contributed by atoms with Crippen LogP contribution >= 0.6 is 11.6 Å². The van der Waals surface area contributed by atoms with E-state index >= 15 is 0 Å². The van der Waals surface area contributed by atoms with Gasteiger partial charge in [0.1, 0.15) is 0 Å². The van der Waals surface area contributed by atoms with Gasteiger partial charge in [-0.2, -0.15) is 10.4 Å². The summed E-state index contributed by atoms with van der Waals surface area (Å²) < 4.78 is 1.86. The van der Waals surface area contributed by atoms with Crippen LogP contribution in [-0.4, -0.2) is 40.4 Å². The van der Waals surface area contributed by atoms with E-state index in [9.17, 15) is 5.11 Å². The molecule has 1 N–H and O–H groups in total. The molecular formula is C18H21ClN4O. The highest BCUT2D eigenvalue weighted by Gasteiger charge is 2.16. The van der Waals surface area contributed by atoms with Crippen LogP contribution in [0.15, 0.2) is 42.7 Å². The molecule has 0 amide bonds. The molecule has 0 fully saturated rings. The molecule has 0 spiro atoms. The quantitative estimate of drug-likeness (QED) is 0.783. The third kappa shape index (κ3) is 4.68. The predicted molar refractivity (Wildman–Crippen MR) is 95.6 cm³/mol. The van der Waals surface area contributed by atoms with Crippen LogP contribution in [0, 0.1) is 11.3 Å². The van der Waals surface area contributed by atoms with Gasteiger partial charge in [-0.25, -0.2) is 0 Å². The zero-order valence-electron chi connectivity index (χ0n) is 13.9. The van der Waals surface area contributed by atoms with E-state index < -0.39 is 6.10 Å². The molecule has 24 heavy (non-hydrogen) atoms. The lowest BCUT2D eigenvalue weighted by atomic mass is 9.95. The molecule has 0 saturated heterocycles. The Morgan fingerprint density at radius 2 is 2.25 bits per heavy atom. The van der Waals surface area contributed by atoms with Crippen molar-refractivity contribution in [3.8, 4) is 17.2 Å². The minimum atomic E-state index is -0.811. The van der Waals surface area contributed by atoms with Crippen LogP contribution in [0.3, 0.4) is 0 Å². The number of nitriles is 1. The lowest BCUT2D eigenvalue weighted by Crippen LogP contribution is -2.18. The number of hydrogen-bond acceptors (Lipinski definition) is 4. The third-order valence-corrected chi connectivity index (χ3v) is 3.93. The molecule has 0 bridgehead atoms. The number of hydrogen-bond donors (Lipinski definition) is 1. The lowest BCUT2D eigenvalue weighted by molar-refractivity contribution is 0.180. The van der Waals surface area contributed by atoms with Crippen molar-refractivity contribution in [1.82, 2.24) is 14.7 Å². The molecule has 1 atom stereocenters. The topological polar surface area (TPSA) is 65.1 Å². The van der Waals surface area contributed by atoms with Gasteiger partial charge in [0.25, 0.3) is 0 Å². The van der Waals surface area contributed by atoms with Crippen LogP contribution < -0.4 is 0 Å². The van der Waals surface area contributed by atoms with Crippen molar-refractivity contribution in [2.75, 3.05) is 20.6 Å². The van der Waals surface area contributed by atoms with Crippen molar-refractivity contribution in [1.29, 1.82) is 5.26 Å². The zero-order chi connectivity index (χ0) is 17.7. The van der Waals surface area contributed by atoms with E-state index in [-0.39, 0.29) is 6.42 Å². The summed E-state index contributed by atoms with van der Waals surface area (Å²) in [4.78, 5) is 2.09. The fraction of sp³-hybridized carbons (Fsp3) is 0.333. The molecule has 1 heterocycles. The normalized spacial score (nSPS) is 12.2. The molecule has 0 aliphatic carbocycles. The minimum absolute atomic E-state index is 0.194. The number of likely N-dealkylation sites (N-methyl/N-ethyl adjacent to an activating group) is 1. The Kier molecular flexibility index (Phi) is 6.16. The number of aromatic nitrogens is 2. The Hall–Kier alpha value is -2.13. The average Bonchev–Trinajstić information content (AvgIpc) is 3.01. The van der Waals surface area contributed by atoms with Gasteiger partial charge in [-0.1, -0.05) is 24.2 Å². The summed E-state index contributed by atoms with van der Waals surface area (Å²) in [5.74, 6) is 0. The number of aliphatic hydroxyl groups is 1. The third-order valence-electron chi connectivity index (χ3n) is 3.69. The van der Waals surface area contributed by atoms with Crippen molar-refractivity contribution >= 4 is 11.6 Å². The number of aliphatic hydroxyl groups excluding tert-OH is 1. The van der Waals surface area contributed by atoms with Crippen LogP contribution in [0.2, 0.25) is 5.02 Å². The molecule has 1 aromatic heterocycles. The Labute approximate surface area is 147 Å². The van der Waals surface area contributed by atoms with E-state index in [0.29, 0.717) is 16.2 Å². The fourth-order valence-electron chi connectivity index (χ4n) is 2.39. The summed E-state index contributed by atoms with van der Waals surface area (Å²) in [5.41, 5.74) is 2.75. The van der Waals surface area contributed by atoms with Crippen molar-refractivity contribution in [3.63, 3.8) is 0 Å². The van der Waals surface area contributed by atoms with Gasteiger partial charge in [0, 0.05) is 35.3 Å². The predicted octanol–water partition coefficient (Wildman–Crippen LogP) is 3.27. The number of rotatable bonds is 7. The summed E-state index contributed by atoms with van der Waals surface area (Å²) in [6.07, 6.45) is 3.08. The molecule has 0 aliphatic rings. The second-order valence-electron chi connectivity index (χ2n) is 5.96. The van der Waals surface area contributed by atoms with E-state index in [4.69, 9.17) is 16.9 Å². The van der Waals surface area contributed by atoms with Gasteiger partial charge in [-0.15, -0.1) is 0 Å². The standard InChI is InChI=1S/C18H21ClN4O/c1-13(10-20)8-18(24)16-5-4-15(19)9-17(16)14-11-21-23(12-14)7-6-22(2)3/h4-5,9,11-12,18,24H,1,6-8H2,2-3H3. The Bertz CT molecular complexity index is 761. The molecule has 0 radical (unpaired) electrons. The summed E-state index contributed by atoms with van der Waals surface area (Å²) >= 11 is 6.13. The number of nitrogens with zero attached hydrogens (tertiary/aromatic N) is 4. The van der Waals surface area contributed by atoms with E-state index in [1.807, 2.05) is 37.1 Å². The van der Waals surface area contributed by atoms with Crippen molar-refractivity contribution in [3.05, 3.63) is 53.3 Å². The summed E-state index contributed by atoms with van der Waals surface area (Å²) in [7, 11) is 4.02. The van der Waals surface area contributed by atoms with Crippen molar-refractivity contribution in [2.24, 2.45) is 0 Å². The van der Waals surface area contributed by atoms with E-state index in [2.05, 4.69) is 16.6 Å². The van der Waals surface area contributed by atoms with E-state index in [1.54, 1.807) is 18.3 Å². The first kappa shape index (κ1) is 18.2. The minimum Gasteiger partial charge on any atom is -0.388 e. The molecule has 5 nitrogen and oxygen atoms in total. The highest BCUT2D eigenvalue weighted by molar-refractivity contribution is 6.30. The second kappa shape index (κ2) is 8.11. The van der Waals surface area contributed by atoms with Crippen LogP contribution in [0.25, 0.3) is 11.1 Å². The van der Waals surface area contributed by atoms with Gasteiger partial charge in [-0.3, -0.25) is 4.68 Å². The zero-order valence-corrected chi connectivity index (χ0v) is 14.7. The van der Waals surface area contributed by atoms with Gasteiger partial charge in [0.2, 0.25) is 0 Å². The van der Waals surface area contributed by atoms with Crippen LogP contribution in [0.1, 0.15) is 18.1 Å². The molecule has 2 aromatic rings. The molecule has 1 aromatic carbocycles. The maximum absolute atomic E-state index is 10.4. The highest BCUT2D eigenvalue weighted by Crippen LogP contribution is 2.33. The van der Waals surface area contributed by atoms with Gasteiger partial charge in [0.05, 0.1) is 24.9 Å². The van der Waals surface area contributed by atoms with E-state index in [1.165, 1.54) is 0 Å². The van der Waals surface area contributed by atoms with Gasteiger partial charge in [-0.05, 0) is 37.4 Å². The molecular weight excluding hydrogens is 324 g/mol. The molecule has 6 heteroatoms. The van der Waals surface area contributed by atoms with Crippen LogP contribution in [0.5, 0.6) is 0 Å². The molecule has 1 unspecified atom stereocenters. The highest BCUT2D eigenvalue weighted by atomic mass is 35.5. The largest absolute Gasteiger partial charge is 0.388 e. The first-order valence-corrected chi connectivity index (χ1v) is 8.01.